The van der Waals surface area contributed by atoms with Crippen molar-refractivity contribution in [2.75, 3.05) is 20.3 Å². The van der Waals surface area contributed by atoms with E-state index in [0.29, 0.717) is 19.4 Å². The zero-order valence-corrected chi connectivity index (χ0v) is 42.3. The number of rotatable bonds is 15. The van der Waals surface area contributed by atoms with Crippen LogP contribution < -0.4 is 0 Å². The Balaban J connectivity index is 1.56. The number of allylic oxidation sites excluding steroid dienone is 1. The fraction of sp³-hybridized carbons (Fsp3) is 0.750. The quantitative estimate of drug-likeness (QED) is 0.0938. The highest BCUT2D eigenvalue weighted by molar-refractivity contribution is 7.92. The van der Waals surface area contributed by atoms with Crippen LogP contribution in [0.1, 0.15) is 109 Å². The molecule has 1 aromatic carbocycles. The van der Waals surface area contributed by atoms with Crippen LogP contribution in [0.3, 0.4) is 0 Å². The number of Topliss-reactive ketones (excluding diaryl/α,β-unsaturated/α-hetero) is 1. The Morgan fingerprint density at radius 3 is 2.22 bits per heavy atom. The number of ether oxygens (including phenoxy) is 8. The van der Waals surface area contributed by atoms with E-state index in [1.54, 1.807) is 45.9 Å². The maximum Gasteiger partial charge on any atom is 0.341 e. The largest absolute Gasteiger partial charge is 0.464 e. The first-order valence-electron chi connectivity index (χ1n) is 22.6. The lowest BCUT2D eigenvalue weighted by molar-refractivity contribution is -0.425. The minimum atomic E-state index is -4.34. The van der Waals surface area contributed by atoms with Crippen molar-refractivity contribution in [3.05, 3.63) is 54.6 Å². The van der Waals surface area contributed by atoms with Gasteiger partial charge in [0.05, 0.1) is 36.4 Å². The van der Waals surface area contributed by atoms with E-state index in [1.165, 1.54) is 19.2 Å². The molecule has 0 saturated carbocycles. The number of esters is 1. The lowest BCUT2D eigenvalue weighted by atomic mass is 9.80. The van der Waals surface area contributed by atoms with Gasteiger partial charge in [-0.05, 0) is 97.0 Å². The van der Waals surface area contributed by atoms with Crippen molar-refractivity contribution >= 4 is 29.9 Å². The molecule has 0 bridgehead atoms. The Hall–Kier alpha value is -2.31. The van der Waals surface area contributed by atoms with E-state index >= 15 is 4.79 Å². The number of ketones is 1. The smallest absolute Gasteiger partial charge is 0.341 e. The van der Waals surface area contributed by atoms with Gasteiger partial charge in [0.15, 0.2) is 41.3 Å². The molecule has 63 heavy (non-hydrogen) atoms. The standard InChI is InChI=1S/C48H76O13SSi/c1-17-31(4)38-28-47(60-45(10,11)56-38)34(27-35(29-55-47)59-63(15,16)44(7,8)9)25-30(3)24-32(5)41(62(51,52)36-22-20-19-21-23-36)39(49)40-37(53-14)26-33(6)48(57-40)42(43(50)54-18-2)58-46(12,13)61-48/h17,19-23,25,31-35,37-38,40-42H,1,18,24,26-29H2,2-16H3/b30-25+/t31-,32-,33+,34-,35+,37-,38-,40-,41+,42-,47+,48-/m0/s1. The lowest BCUT2D eigenvalue weighted by Gasteiger charge is -2.55. The van der Waals surface area contributed by atoms with Crippen molar-refractivity contribution in [2.24, 2.45) is 23.7 Å². The number of hydrogen-bond donors (Lipinski definition) is 0. The molecule has 0 aromatic heterocycles. The molecular weight excluding hydrogens is 845 g/mol. The van der Waals surface area contributed by atoms with Crippen LogP contribution in [0.4, 0.5) is 0 Å². The van der Waals surface area contributed by atoms with Crippen LogP contribution in [-0.4, -0.2) is 108 Å². The van der Waals surface area contributed by atoms with Gasteiger partial charge >= 0.3 is 5.97 Å². The zero-order chi connectivity index (χ0) is 47.1. The second-order valence-corrected chi connectivity index (χ2v) is 27.5. The van der Waals surface area contributed by atoms with Crippen LogP contribution in [0.25, 0.3) is 0 Å². The molecule has 13 nitrogen and oxygen atoms in total. The molecule has 0 N–H and O–H groups in total. The van der Waals surface area contributed by atoms with Gasteiger partial charge in [-0.25, -0.2) is 13.2 Å². The van der Waals surface area contributed by atoms with Gasteiger partial charge in [0.25, 0.3) is 0 Å². The molecule has 4 fully saturated rings. The first-order chi connectivity index (χ1) is 29.1. The third-order valence-corrected chi connectivity index (χ3v) is 20.5. The van der Waals surface area contributed by atoms with Crippen molar-refractivity contribution in [1.82, 2.24) is 0 Å². The number of carbonyl (C=O) groups excluding carboxylic acids is 2. The molecule has 12 atom stereocenters. The molecular formula is C48H76O13SSi. The second-order valence-electron chi connectivity index (χ2n) is 20.7. The van der Waals surface area contributed by atoms with Crippen LogP contribution in [0.2, 0.25) is 18.1 Å². The van der Waals surface area contributed by atoms with E-state index in [0.717, 1.165) is 5.57 Å². The Bertz CT molecular complexity index is 1930. The summed E-state index contributed by atoms with van der Waals surface area (Å²) in [5.74, 6) is -8.11. The Kier molecular flexibility index (Phi) is 15.7. The molecule has 4 saturated heterocycles. The summed E-state index contributed by atoms with van der Waals surface area (Å²) in [5, 5.41) is -1.62. The van der Waals surface area contributed by atoms with Gasteiger partial charge in [-0.1, -0.05) is 77.5 Å². The number of carbonyl (C=O) groups is 2. The number of methoxy groups -OCH3 is 1. The molecule has 4 aliphatic rings. The van der Waals surface area contributed by atoms with E-state index in [2.05, 4.69) is 53.4 Å². The summed E-state index contributed by atoms with van der Waals surface area (Å²) in [6.45, 7) is 31.9. The van der Waals surface area contributed by atoms with Gasteiger partial charge in [0.2, 0.25) is 11.9 Å². The SMILES string of the molecule is C=C[C@H](C)[C@@H]1C[C@@]2(OC[C@H](O[Si](C)(C)C(C)(C)C)C[C@@H]2/C=C(\C)C[C@H](C)[C@H](C(=O)[C@H]2O[C@]3(OC(C)(C)O[C@H]3C(=O)OCC)[C@H](C)C[C@@H]2OC)S(=O)(=O)c2ccccc2)OC(C)(C)O1. The lowest BCUT2D eigenvalue weighted by Crippen LogP contribution is -2.63. The highest BCUT2D eigenvalue weighted by Crippen LogP contribution is 2.51. The van der Waals surface area contributed by atoms with E-state index in [-0.39, 0.29) is 53.4 Å². The number of benzene rings is 1. The third-order valence-electron chi connectivity index (χ3n) is 13.7. The summed E-state index contributed by atoms with van der Waals surface area (Å²) in [4.78, 5) is 28.8. The summed E-state index contributed by atoms with van der Waals surface area (Å²) >= 11 is 0. The Morgan fingerprint density at radius 1 is 1.00 bits per heavy atom. The van der Waals surface area contributed by atoms with E-state index in [9.17, 15) is 13.2 Å². The first kappa shape index (κ1) is 51.7. The Morgan fingerprint density at radius 2 is 1.63 bits per heavy atom. The van der Waals surface area contributed by atoms with Crippen molar-refractivity contribution in [1.29, 1.82) is 0 Å². The summed E-state index contributed by atoms with van der Waals surface area (Å²) < 4.78 is 87.3. The fourth-order valence-corrected chi connectivity index (χ4v) is 12.9. The normalized spacial score (nSPS) is 34.0. The van der Waals surface area contributed by atoms with Gasteiger partial charge in [0.1, 0.15) is 11.4 Å². The van der Waals surface area contributed by atoms with Crippen LogP contribution in [0.5, 0.6) is 0 Å². The molecule has 0 amide bonds. The number of sulfone groups is 1. The van der Waals surface area contributed by atoms with Crippen molar-refractivity contribution in [3.8, 4) is 0 Å². The van der Waals surface area contributed by atoms with Gasteiger partial charge in [-0.15, -0.1) is 6.58 Å². The van der Waals surface area contributed by atoms with Crippen LogP contribution >= 0.6 is 0 Å². The molecule has 0 radical (unpaired) electrons. The molecule has 5 rings (SSSR count). The average molecular weight is 921 g/mol. The Labute approximate surface area is 378 Å². The first-order valence-corrected chi connectivity index (χ1v) is 27.1. The predicted octanol–water partition coefficient (Wildman–Crippen LogP) is 8.71. The van der Waals surface area contributed by atoms with Crippen LogP contribution in [0.15, 0.2) is 59.5 Å². The maximum atomic E-state index is 15.3. The molecule has 0 aliphatic carbocycles. The van der Waals surface area contributed by atoms with Gasteiger partial charge in [-0.3, -0.25) is 4.79 Å². The van der Waals surface area contributed by atoms with Crippen LogP contribution in [-0.2, 0) is 61.7 Å². The summed E-state index contributed by atoms with van der Waals surface area (Å²) in [7, 11) is -5.09. The third kappa shape index (κ3) is 10.9. The zero-order valence-electron chi connectivity index (χ0n) is 40.5. The molecule has 0 unspecified atom stereocenters. The maximum absolute atomic E-state index is 15.3. The summed E-state index contributed by atoms with van der Waals surface area (Å²) in [6.07, 6.45) is 1.37. The van der Waals surface area contributed by atoms with Crippen molar-refractivity contribution in [2.45, 2.75) is 191 Å². The minimum absolute atomic E-state index is 0.00106. The highest BCUT2D eigenvalue weighted by atomic mass is 32.2. The van der Waals surface area contributed by atoms with E-state index in [4.69, 9.17) is 42.3 Å². The monoisotopic (exact) mass is 920 g/mol. The fourth-order valence-electron chi connectivity index (χ4n) is 9.55. The van der Waals surface area contributed by atoms with E-state index in [1.807, 2.05) is 33.8 Å². The van der Waals surface area contributed by atoms with Crippen LogP contribution in [0, 0.1) is 23.7 Å². The average Bonchev–Trinajstić information content (AvgIpc) is 3.46. The van der Waals surface area contributed by atoms with Gasteiger partial charge < -0.3 is 42.3 Å². The number of hydrogen-bond acceptors (Lipinski definition) is 13. The molecule has 15 heteroatoms. The van der Waals surface area contributed by atoms with Gasteiger partial charge in [0, 0.05) is 31.3 Å². The van der Waals surface area contributed by atoms with Crippen molar-refractivity contribution in [3.63, 3.8) is 0 Å². The molecule has 2 spiro atoms. The molecule has 4 aliphatic heterocycles. The molecule has 1 aromatic rings. The van der Waals surface area contributed by atoms with Crippen molar-refractivity contribution < 1.29 is 60.3 Å². The molecule has 356 valence electrons. The molecule has 4 heterocycles. The van der Waals surface area contributed by atoms with Gasteiger partial charge in [-0.2, -0.15) is 0 Å². The highest BCUT2D eigenvalue weighted by Gasteiger charge is 2.66. The minimum Gasteiger partial charge on any atom is -0.464 e. The second kappa shape index (κ2) is 19.1. The van der Waals surface area contributed by atoms with E-state index < -0.39 is 88.5 Å². The predicted molar refractivity (Wildman–Crippen MR) is 242 cm³/mol. The topological polar surface area (TPSA) is 151 Å². The summed E-state index contributed by atoms with van der Waals surface area (Å²) in [6, 6.07) is 7.97. The summed E-state index contributed by atoms with van der Waals surface area (Å²) in [5.41, 5.74) is 0.848.